The van der Waals surface area contributed by atoms with Gasteiger partial charge in [-0.2, -0.15) is 5.10 Å². The van der Waals surface area contributed by atoms with Gasteiger partial charge in [-0.05, 0) is 80.9 Å². The fourth-order valence-corrected chi connectivity index (χ4v) is 4.72. The Labute approximate surface area is 213 Å². The number of hydrogen-bond donors (Lipinski definition) is 1. The number of amides is 1. The summed E-state index contributed by atoms with van der Waals surface area (Å²) in [6.07, 6.45) is 3.35. The minimum Gasteiger partial charge on any atom is -0.318 e. The molecule has 2 aromatic carbocycles. The number of ketones is 1. The summed E-state index contributed by atoms with van der Waals surface area (Å²) in [6, 6.07) is 22.7. The van der Waals surface area contributed by atoms with E-state index in [1.165, 1.54) is 24.3 Å². The van der Waals surface area contributed by atoms with E-state index < -0.39 is 5.82 Å². The highest BCUT2D eigenvalue weighted by atomic mass is 19.1. The van der Waals surface area contributed by atoms with Gasteiger partial charge in [0.15, 0.2) is 0 Å². The number of aromatic nitrogens is 2. The molecule has 0 aliphatic carbocycles. The van der Waals surface area contributed by atoms with E-state index in [4.69, 9.17) is 0 Å². The minimum atomic E-state index is -0.401. The van der Waals surface area contributed by atoms with Gasteiger partial charge in [-0.1, -0.05) is 24.3 Å². The Kier molecular flexibility index (Phi) is 6.27. The topological polar surface area (TPSA) is 67.9 Å². The molecule has 0 fully saturated rings. The van der Waals surface area contributed by atoms with Crippen molar-refractivity contribution in [2.45, 2.75) is 20.8 Å². The van der Waals surface area contributed by atoms with Crippen LogP contribution in [0.5, 0.6) is 0 Å². The first-order valence-electron chi connectivity index (χ1n) is 11.8. The Morgan fingerprint density at radius 1 is 0.919 bits per heavy atom. The number of para-hydroxylation sites is 1. The number of nitrogens with one attached hydrogen (secondary N) is 1. The van der Waals surface area contributed by atoms with Gasteiger partial charge in [0.1, 0.15) is 5.82 Å². The summed E-state index contributed by atoms with van der Waals surface area (Å²) in [5, 5.41) is 4.23. The molecule has 0 aliphatic rings. The van der Waals surface area contributed by atoms with Crippen LogP contribution in [0.1, 0.15) is 48.9 Å². The molecule has 7 heteroatoms. The monoisotopic (exact) mass is 492 g/mol. The largest absolute Gasteiger partial charge is 0.318 e. The van der Waals surface area contributed by atoms with Gasteiger partial charge >= 0.3 is 0 Å². The second-order valence-electron chi connectivity index (χ2n) is 8.83. The molecule has 1 amide bonds. The van der Waals surface area contributed by atoms with Crippen LogP contribution in [0.2, 0.25) is 0 Å². The first-order chi connectivity index (χ1) is 17.9. The lowest BCUT2D eigenvalue weighted by atomic mass is 10.0. The summed E-state index contributed by atoms with van der Waals surface area (Å²) in [5.74, 6) is -0.951. The van der Waals surface area contributed by atoms with E-state index in [1.54, 1.807) is 16.8 Å². The molecule has 5 aromatic rings. The molecule has 0 bridgehead atoms. The van der Waals surface area contributed by atoms with Crippen LogP contribution < -0.4 is 5.43 Å². The van der Waals surface area contributed by atoms with Crippen LogP contribution in [0.25, 0.3) is 11.2 Å². The molecule has 184 valence electrons. The maximum Gasteiger partial charge on any atom is 0.273 e. The number of pyridine rings is 1. The molecule has 3 aromatic heterocycles. The normalized spacial score (nSPS) is 11.4. The number of fused-ring (bicyclic) bond motifs is 1. The molecule has 1 N–H and O–H groups in total. The van der Waals surface area contributed by atoms with Gasteiger partial charge in [-0.15, -0.1) is 0 Å². The van der Waals surface area contributed by atoms with Crippen LogP contribution in [0.4, 0.5) is 4.39 Å². The second-order valence-corrected chi connectivity index (χ2v) is 8.83. The van der Waals surface area contributed by atoms with Gasteiger partial charge < -0.3 is 8.97 Å². The molecule has 0 spiro atoms. The van der Waals surface area contributed by atoms with E-state index in [1.807, 2.05) is 79.9 Å². The van der Waals surface area contributed by atoms with Gasteiger partial charge in [0, 0.05) is 34.4 Å². The summed E-state index contributed by atoms with van der Waals surface area (Å²) in [7, 11) is 0. The highest BCUT2D eigenvalue weighted by Gasteiger charge is 2.21. The van der Waals surface area contributed by atoms with E-state index in [0.717, 1.165) is 22.6 Å². The Morgan fingerprint density at radius 3 is 2.35 bits per heavy atom. The van der Waals surface area contributed by atoms with Crippen molar-refractivity contribution in [2.24, 2.45) is 5.10 Å². The van der Waals surface area contributed by atoms with Crippen molar-refractivity contribution in [1.82, 2.24) is 14.4 Å². The first-order valence-corrected chi connectivity index (χ1v) is 11.8. The van der Waals surface area contributed by atoms with Crippen molar-refractivity contribution >= 4 is 23.4 Å². The summed E-state index contributed by atoms with van der Waals surface area (Å²) >= 11 is 0. The minimum absolute atomic E-state index is 0.226. The van der Waals surface area contributed by atoms with Crippen LogP contribution >= 0.6 is 0 Å². The molecule has 5 rings (SSSR count). The van der Waals surface area contributed by atoms with Crippen molar-refractivity contribution in [3.8, 4) is 5.69 Å². The van der Waals surface area contributed by atoms with Gasteiger partial charge in [0.2, 0.25) is 5.78 Å². The average Bonchev–Trinajstić information content (AvgIpc) is 3.36. The number of halogens is 1. The van der Waals surface area contributed by atoms with E-state index in [2.05, 4.69) is 10.5 Å². The number of aryl methyl sites for hydroxylation is 1. The molecule has 0 saturated heterocycles. The number of hydrazone groups is 1. The van der Waals surface area contributed by atoms with Crippen LogP contribution in [-0.4, -0.2) is 26.9 Å². The van der Waals surface area contributed by atoms with Crippen LogP contribution in [0.3, 0.4) is 0 Å². The van der Waals surface area contributed by atoms with Gasteiger partial charge in [-0.25, -0.2) is 9.82 Å². The molecule has 6 nitrogen and oxygen atoms in total. The lowest BCUT2D eigenvalue weighted by Gasteiger charge is -2.09. The van der Waals surface area contributed by atoms with Crippen LogP contribution in [0.15, 0.2) is 90.2 Å². The molecular formula is C30H25FN4O2. The predicted molar refractivity (Wildman–Crippen MR) is 142 cm³/mol. The third kappa shape index (κ3) is 4.36. The number of carbonyl (C=O) groups is 2. The third-order valence-corrected chi connectivity index (χ3v) is 6.51. The smallest absolute Gasteiger partial charge is 0.273 e. The summed E-state index contributed by atoms with van der Waals surface area (Å²) < 4.78 is 17.2. The van der Waals surface area contributed by atoms with Crippen molar-refractivity contribution in [3.05, 3.63) is 130 Å². The predicted octanol–water partition coefficient (Wildman–Crippen LogP) is 5.79. The summed E-state index contributed by atoms with van der Waals surface area (Å²) in [5.41, 5.74) is 8.93. The molecule has 0 unspecified atom stereocenters. The second kappa shape index (κ2) is 9.70. The third-order valence-electron chi connectivity index (χ3n) is 6.51. The average molecular weight is 493 g/mol. The fraction of sp³-hybridized carbons (Fsp3) is 0.100. The highest BCUT2D eigenvalue weighted by molar-refractivity contribution is 6.12. The standard InChI is InChI=1S/C30H25FN4O2/c1-19-17-25(21(3)35(19)24-9-5-4-6-10-24)30(37)33-32-18-26-20(2)28(34-16-8-7-11-27(26)34)29(36)22-12-14-23(31)15-13-22/h4-18H,1-3H3,(H,33,37)/b32-18-. The zero-order valence-corrected chi connectivity index (χ0v) is 20.7. The molecule has 0 radical (unpaired) electrons. The quantitative estimate of drug-likeness (QED) is 0.185. The number of hydrogen-bond acceptors (Lipinski definition) is 3. The molecule has 0 atom stereocenters. The summed E-state index contributed by atoms with van der Waals surface area (Å²) in [4.78, 5) is 26.3. The van der Waals surface area contributed by atoms with E-state index in [-0.39, 0.29) is 11.7 Å². The van der Waals surface area contributed by atoms with E-state index in [0.29, 0.717) is 27.9 Å². The maximum absolute atomic E-state index is 13.4. The molecule has 3 heterocycles. The maximum atomic E-state index is 13.4. The lowest BCUT2D eigenvalue weighted by molar-refractivity contribution is 0.0953. The fourth-order valence-electron chi connectivity index (χ4n) is 4.72. The van der Waals surface area contributed by atoms with E-state index in [9.17, 15) is 14.0 Å². The number of nitrogens with zero attached hydrogens (tertiary/aromatic N) is 3. The number of carbonyl (C=O) groups excluding carboxylic acids is 2. The SMILES string of the molecule is Cc1c(/C=N\NC(=O)c2cc(C)n(-c3ccccc3)c2C)c2ccccn2c1C(=O)c1ccc(F)cc1. The molecule has 0 saturated carbocycles. The van der Waals surface area contributed by atoms with Gasteiger partial charge in [0.25, 0.3) is 5.91 Å². The molecular weight excluding hydrogens is 467 g/mol. The highest BCUT2D eigenvalue weighted by Crippen LogP contribution is 2.25. The zero-order valence-electron chi connectivity index (χ0n) is 20.7. The Bertz CT molecular complexity index is 1660. The van der Waals surface area contributed by atoms with Crippen LogP contribution in [0, 0.1) is 26.6 Å². The number of rotatable bonds is 6. The van der Waals surface area contributed by atoms with Crippen molar-refractivity contribution in [3.63, 3.8) is 0 Å². The Hall–Kier alpha value is -4.78. The van der Waals surface area contributed by atoms with Crippen LogP contribution in [-0.2, 0) is 0 Å². The molecule has 37 heavy (non-hydrogen) atoms. The van der Waals surface area contributed by atoms with E-state index >= 15 is 0 Å². The van der Waals surface area contributed by atoms with Crippen molar-refractivity contribution in [2.75, 3.05) is 0 Å². The molecule has 0 aliphatic heterocycles. The van der Waals surface area contributed by atoms with Crippen molar-refractivity contribution < 1.29 is 14.0 Å². The Balaban J connectivity index is 1.44. The number of benzene rings is 2. The first kappa shape index (κ1) is 23.9. The Morgan fingerprint density at radius 2 is 1.62 bits per heavy atom. The zero-order chi connectivity index (χ0) is 26.1. The lowest BCUT2D eigenvalue weighted by Crippen LogP contribution is -2.18. The van der Waals surface area contributed by atoms with Gasteiger partial charge in [-0.3, -0.25) is 9.59 Å². The van der Waals surface area contributed by atoms with Crippen molar-refractivity contribution in [1.29, 1.82) is 0 Å². The van der Waals surface area contributed by atoms with Gasteiger partial charge in [0.05, 0.1) is 23.0 Å². The summed E-state index contributed by atoms with van der Waals surface area (Å²) in [6.45, 7) is 5.69.